The van der Waals surface area contributed by atoms with Crippen LogP contribution in [0.2, 0.25) is 0 Å². The van der Waals surface area contributed by atoms with Gasteiger partial charge in [-0.2, -0.15) is 0 Å². The minimum absolute atomic E-state index is 0.00403. The van der Waals surface area contributed by atoms with Crippen molar-refractivity contribution in [1.82, 2.24) is 4.90 Å². The molecule has 2 saturated carbocycles. The molecule has 5 heteroatoms. The van der Waals surface area contributed by atoms with Crippen LogP contribution in [0.15, 0.2) is 0 Å². The lowest BCUT2D eigenvalue weighted by molar-refractivity contribution is -0.146. The third-order valence-electron chi connectivity index (χ3n) is 5.88. The van der Waals surface area contributed by atoms with Crippen molar-refractivity contribution in [3.8, 4) is 0 Å². The van der Waals surface area contributed by atoms with Crippen LogP contribution in [0.1, 0.15) is 58.3 Å². The highest BCUT2D eigenvalue weighted by atomic mass is 32.1. The summed E-state index contributed by atoms with van der Waals surface area (Å²) >= 11 is 5.28. The molecule has 2 N–H and O–H groups in total. The molecule has 2 unspecified atom stereocenters. The van der Waals surface area contributed by atoms with Gasteiger partial charge in [0.2, 0.25) is 11.8 Å². The van der Waals surface area contributed by atoms with Gasteiger partial charge in [-0.15, -0.1) is 0 Å². The van der Waals surface area contributed by atoms with E-state index in [1.54, 1.807) is 0 Å². The molecule has 4 nitrogen and oxygen atoms in total. The van der Waals surface area contributed by atoms with E-state index in [1.165, 1.54) is 4.90 Å². The van der Waals surface area contributed by atoms with E-state index in [1.807, 2.05) is 0 Å². The van der Waals surface area contributed by atoms with Gasteiger partial charge in [-0.25, -0.2) is 0 Å². The van der Waals surface area contributed by atoms with Crippen molar-refractivity contribution < 1.29 is 9.59 Å². The molecule has 3 fully saturated rings. The fourth-order valence-electron chi connectivity index (χ4n) is 4.60. The van der Waals surface area contributed by atoms with Gasteiger partial charge >= 0.3 is 0 Å². The number of likely N-dealkylation sites (tertiary alicyclic amines) is 1. The number of thiocarbonyl (C=S) groups is 1. The first-order valence-electron chi connectivity index (χ1n) is 8.19. The number of nitrogens with two attached hydrogens (primary N) is 1. The normalized spacial score (nSPS) is 35.1. The van der Waals surface area contributed by atoms with Gasteiger partial charge in [0.25, 0.3) is 0 Å². The number of imide groups is 1. The summed E-state index contributed by atoms with van der Waals surface area (Å²) in [4.78, 5) is 27.5. The van der Waals surface area contributed by atoms with Gasteiger partial charge in [0.05, 0.1) is 16.8 Å². The highest BCUT2D eigenvalue weighted by Crippen LogP contribution is 2.48. The molecule has 21 heavy (non-hydrogen) atoms. The molecule has 0 bridgehead atoms. The topological polar surface area (TPSA) is 63.4 Å². The molecule has 2 aliphatic carbocycles. The van der Waals surface area contributed by atoms with Gasteiger partial charge in [-0.05, 0) is 31.6 Å². The van der Waals surface area contributed by atoms with Crippen molar-refractivity contribution in [3.05, 3.63) is 0 Å². The van der Waals surface area contributed by atoms with E-state index in [0.29, 0.717) is 10.9 Å². The summed E-state index contributed by atoms with van der Waals surface area (Å²) in [5.41, 5.74) is 5.32. The third kappa shape index (κ3) is 2.12. The lowest BCUT2D eigenvalue weighted by atomic mass is 9.80. The standard InChI is InChI=1S/C16H24N2O2S/c1-2-10-8-11-12(9-10)14(20)18(13(11)19)16(15(17)21)6-4-3-5-7-16/h10-12H,2-9H2,1H3,(H2,17,21). The van der Waals surface area contributed by atoms with Gasteiger partial charge < -0.3 is 5.73 Å². The maximum absolute atomic E-state index is 12.9. The molecule has 0 aromatic rings. The first-order chi connectivity index (χ1) is 10.0. The van der Waals surface area contributed by atoms with Crippen molar-refractivity contribution in [1.29, 1.82) is 0 Å². The summed E-state index contributed by atoms with van der Waals surface area (Å²) in [5, 5.41) is 0. The van der Waals surface area contributed by atoms with Crippen LogP contribution in [0.25, 0.3) is 0 Å². The van der Waals surface area contributed by atoms with Gasteiger partial charge in [-0.3, -0.25) is 14.5 Å². The number of hydrogen-bond acceptors (Lipinski definition) is 3. The first-order valence-corrected chi connectivity index (χ1v) is 8.60. The molecule has 1 saturated heterocycles. The Bertz CT molecular complexity index is 461. The van der Waals surface area contributed by atoms with Gasteiger partial charge in [0.1, 0.15) is 5.54 Å². The van der Waals surface area contributed by atoms with Crippen molar-refractivity contribution in [2.75, 3.05) is 0 Å². The highest BCUT2D eigenvalue weighted by Gasteiger charge is 2.59. The molecule has 0 aromatic heterocycles. The average molecular weight is 308 g/mol. The number of hydrogen-bond donors (Lipinski definition) is 1. The number of carbonyl (C=O) groups is 2. The number of nitrogens with zero attached hydrogens (tertiary/aromatic N) is 1. The summed E-state index contributed by atoms with van der Waals surface area (Å²) in [6, 6.07) is 0. The second-order valence-corrected chi connectivity index (χ2v) is 7.37. The Balaban J connectivity index is 1.91. The first kappa shape index (κ1) is 14.9. The minimum atomic E-state index is -0.673. The molecule has 3 aliphatic rings. The molecule has 3 rings (SSSR count). The van der Waals surface area contributed by atoms with Crippen LogP contribution >= 0.6 is 12.2 Å². The average Bonchev–Trinajstić information content (AvgIpc) is 3.00. The Morgan fingerprint density at radius 2 is 1.71 bits per heavy atom. The molecule has 1 aliphatic heterocycles. The van der Waals surface area contributed by atoms with Crippen LogP contribution in [-0.4, -0.2) is 27.2 Å². The van der Waals surface area contributed by atoms with Crippen LogP contribution < -0.4 is 5.73 Å². The Morgan fingerprint density at radius 3 is 2.14 bits per heavy atom. The Kier molecular flexibility index (Phi) is 3.80. The fourth-order valence-corrected chi connectivity index (χ4v) is 4.90. The van der Waals surface area contributed by atoms with Crippen molar-refractivity contribution in [3.63, 3.8) is 0 Å². The van der Waals surface area contributed by atoms with Crippen LogP contribution in [0.3, 0.4) is 0 Å². The molecule has 116 valence electrons. The van der Waals surface area contributed by atoms with E-state index >= 15 is 0 Å². The van der Waals surface area contributed by atoms with Crippen molar-refractivity contribution in [2.45, 2.75) is 63.8 Å². The fraction of sp³-hybridized carbons (Fsp3) is 0.812. The zero-order chi connectivity index (χ0) is 15.2. The monoisotopic (exact) mass is 308 g/mol. The van der Waals surface area contributed by atoms with E-state index < -0.39 is 5.54 Å². The smallest absolute Gasteiger partial charge is 0.233 e. The SMILES string of the molecule is CCC1CC2C(=O)N(C3(C(N)=S)CCCCC3)C(=O)C2C1. The molecular formula is C16H24N2O2S. The predicted molar refractivity (Wildman–Crippen MR) is 84.4 cm³/mol. The Labute approximate surface area is 131 Å². The summed E-state index contributed by atoms with van der Waals surface area (Å²) in [7, 11) is 0. The molecule has 0 aromatic carbocycles. The minimum Gasteiger partial charge on any atom is -0.391 e. The van der Waals surface area contributed by atoms with Crippen molar-refractivity contribution in [2.24, 2.45) is 23.5 Å². The zero-order valence-electron chi connectivity index (χ0n) is 12.6. The summed E-state index contributed by atoms with van der Waals surface area (Å²) in [6.45, 7) is 2.13. The van der Waals surface area contributed by atoms with Crippen LogP contribution in [-0.2, 0) is 9.59 Å². The van der Waals surface area contributed by atoms with E-state index in [-0.39, 0.29) is 23.7 Å². The molecule has 0 radical (unpaired) electrons. The zero-order valence-corrected chi connectivity index (χ0v) is 13.5. The van der Waals surface area contributed by atoms with E-state index in [2.05, 4.69) is 6.92 Å². The Hall–Kier alpha value is -0.970. The van der Waals surface area contributed by atoms with Gasteiger partial charge in [0, 0.05) is 0 Å². The van der Waals surface area contributed by atoms with Crippen LogP contribution in [0.4, 0.5) is 0 Å². The second kappa shape index (κ2) is 5.34. The van der Waals surface area contributed by atoms with Gasteiger partial charge in [-0.1, -0.05) is 44.8 Å². The van der Waals surface area contributed by atoms with Crippen LogP contribution in [0, 0.1) is 17.8 Å². The van der Waals surface area contributed by atoms with Crippen LogP contribution in [0.5, 0.6) is 0 Å². The molecule has 2 atom stereocenters. The highest BCUT2D eigenvalue weighted by molar-refractivity contribution is 7.80. The molecular weight excluding hydrogens is 284 g/mol. The summed E-state index contributed by atoms with van der Waals surface area (Å²) in [5.74, 6) is 0.277. The lowest BCUT2D eigenvalue weighted by Gasteiger charge is -2.43. The maximum Gasteiger partial charge on any atom is 0.233 e. The van der Waals surface area contributed by atoms with Crippen molar-refractivity contribution >= 4 is 29.0 Å². The number of carbonyl (C=O) groups excluding carboxylic acids is 2. The summed E-state index contributed by atoms with van der Waals surface area (Å²) < 4.78 is 0. The third-order valence-corrected chi connectivity index (χ3v) is 6.26. The second-order valence-electron chi connectivity index (χ2n) is 6.93. The number of fused-ring (bicyclic) bond motifs is 1. The predicted octanol–water partition coefficient (Wildman–Crippen LogP) is 2.40. The summed E-state index contributed by atoms with van der Waals surface area (Å²) in [6.07, 6.45) is 7.36. The number of amides is 2. The maximum atomic E-state index is 12.9. The quantitative estimate of drug-likeness (QED) is 0.642. The molecule has 2 amide bonds. The molecule has 1 heterocycles. The number of rotatable bonds is 3. The van der Waals surface area contributed by atoms with E-state index in [9.17, 15) is 9.59 Å². The van der Waals surface area contributed by atoms with Gasteiger partial charge in [0.15, 0.2) is 0 Å². The largest absolute Gasteiger partial charge is 0.391 e. The lowest BCUT2D eigenvalue weighted by Crippen LogP contribution is -2.60. The Morgan fingerprint density at radius 1 is 1.19 bits per heavy atom. The molecule has 0 spiro atoms. The van der Waals surface area contributed by atoms with E-state index in [0.717, 1.165) is 51.4 Å². The van der Waals surface area contributed by atoms with E-state index in [4.69, 9.17) is 18.0 Å².